The van der Waals surface area contributed by atoms with Crippen LogP contribution in [0.2, 0.25) is 0 Å². The van der Waals surface area contributed by atoms with Crippen LogP contribution in [0.3, 0.4) is 0 Å². The number of phenols is 1. The Hall–Kier alpha value is -1.51. The number of phenolic OH excluding ortho intramolecular Hbond substituents is 1. The van der Waals surface area contributed by atoms with Gasteiger partial charge in [0.15, 0.2) is 0 Å². The summed E-state index contributed by atoms with van der Waals surface area (Å²) in [5, 5.41) is 9.48. The molecule has 1 aliphatic rings. The lowest BCUT2D eigenvalue weighted by Crippen LogP contribution is -2.19. The van der Waals surface area contributed by atoms with Crippen molar-refractivity contribution in [3.8, 4) is 5.75 Å². The average Bonchev–Trinajstić information content (AvgIpc) is 2.69. The molecule has 1 aromatic rings. The van der Waals surface area contributed by atoms with E-state index in [9.17, 15) is 9.90 Å². The van der Waals surface area contributed by atoms with Gasteiger partial charge in [-0.3, -0.25) is 4.79 Å². The van der Waals surface area contributed by atoms with Gasteiger partial charge in [0.2, 0.25) is 0 Å². The van der Waals surface area contributed by atoms with Crippen molar-refractivity contribution in [2.45, 2.75) is 25.7 Å². The number of aromatic hydroxyl groups is 1. The molecule has 1 N–H and O–H groups in total. The van der Waals surface area contributed by atoms with Crippen molar-refractivity contribution in [3.05, 3.63) is 29.3 Å². The summed E-state index contributed by atoms with van der Waals surface area (Å²) in [5.74, 6) is 0.117. The lowest BCUT2D eigenvalue weighted by molar-refractivity contribution is -0.145. The molecule has 2 atom stereocenters. The minimum absolute atomic E-state index is 0.145. The van der Waals surface area contributed by atoms with Crippen molar-refractivity contribution in [3.63, 3.8) is 0 Å². The fourth-order valence-corrected chi connectivity index (χ4v) is 2.49. The number of carbonyl (C=O) groups excluding carboxylic acids is 1. The summed E-state index contributed by atoms with van der Waals surface area (Å²) in [7, 11) is 1.41. The van der Waals surface area contributed by atoms with Gasteiger partial charge in [-0.15, -0.1) is 0 Å². The molecule has 0 radical (unpaired) electrons. The number of esters is 1. The number of carbonyl (C=O) groups is 1. The Labute approximate surface area is 95.0 Å². The third kappa shape index (κ3) is 1.77. The smallest absolute Gasteiger partial charge is 0.308 e. The van der Waals surface area contributed by atoms with Crippen molar-refractivity contribution in [1.29, 1.82) is 0 Å². The maximum absolute atomic E-state index is 11.5. The van der Waals surface area contributed by atoms with Gasteiger partial charge in [0.05, 0.1) is 13.0 Å². The Balaban J connectivity index is 2.29. The van der Waals surface area contributed by atoms with Crippen LogP contribution < -0.4 is 0 Å². The van der Waals surface area contributed by atoms with Crippen molar-refractivity contribution in [2.75, 3.05) is 7.11 Å². The number of fused-ring (bicyclic) bond motifs is 1. The zero-order valence-electron chi connectivity index (χ0n) is 9.56. The van der Waals surface area contributed by atoms with Crippen LogP contribution in [0.1, 0.15) is 30.4 Å². The predicted octanol–water partition coefficient (Wildman–Crippen LogP) is 2.23. The topological polar surface area (TPSA) is 46.5 Å². The molecular formula is C13H16O3. The van der Waals surface area contributed by atoms with Gasteiger partial charge in [-0.1, -0.05) is 13.0 Å². The average molecular weight is 220 g/mol. The molecule has 0 fully saturated rings. The van der Waals surface area contributed by atoms with Gasteiger partial charge in [-0.25, -0.2) is 0 Å². The van der Waals surface area contributed by atoms with E-state index in [0.717, 1.165) is 18.4 Å². The second kappa shape index (κ2) is 4.16. The Morgan fingerprint density at radius 3 is 3.00 bits per heavy atom. The fraction of sp³-hybridized carbons (Fsp3) is 0.462. The van der Waals surface area contributed by atoms with Gasteiger partial charge in [-0.2, -0.15) is 0 Å². The maximum atomic E-state index is 11.5. The number of aryl methyl sites for hydroxylation is 1. The number of hydrogen-bond donors (Lipinski definition) is 1. The summed E-state index contributed by atoms with van der Waals surface area (Å²) in [6.45, 7) is 1.88. The van der Waals surface area contributed by atoms with Crippen LogP contribution in [0.25, 0.3) is 0 Å². The summed E-state index contributed by atoms with van der Waals surface area (Å²) in [5.41, 5.74) is 2.33. The van der Waals surface area contributed by atoms with Gasteiger partial charge in [0.25, 0.3) is 0 Å². The number of hydrogen-bond acceptors (Lipinski definition) is 3. The number of ether oxygens (including phenoxy) is 1. The SMILES string of the molecule is COC(=O)C(C)[C@H]1CCc2ccc(O)cc21. The van der Waals surface area contributed by atoms with Crippen LogP contribution >= 0.6 is 0 Å². The summed E-state index contributed by atoms with van der Waals surface area (Å²) >= 11 is 0. The molecule has 3 heteroatoms. The summed E-state index contributed by atoms with van der Waals surface area (Å²) in [6, 6.07) is 5.41. The van der Waals surface area contributed by atoms with E-state index in [1.807, 2.05) is 13.0 Å². The largest absolute Gasteiger partial charge is 0.508 e. The van der Waals surface area contributed by atoms with Crippen LogP contribution in [0.15, 0.2) is 18.2 Å². The zero-order chi connectivity index (χ0) is 11.7. The van der Waals surface area contributed by atoms with Gasteiger partial charge in [-0.05, 0) is 42.0 Å². The first-order valence-electron chi connectivity index (χ1n) is 5.53. The lowest BCUT2D eigenvalue weighted by Gasteiger charge is -2.18. The molecule has 0 spiro atoms. The lowest BCUT2D eigenvalue weighted by atomic mass is 9.88. The summed E-state index contributed by atoms with van der Waals surface area (Å²) < 4.78 is 4.77. The van der Waals surface area contributed by atoms with Gasteiger partial charge >= 0.3 is 5.97 Å². The molecule has 1 aromatic carbocycles. The van der Waals surface area contributed by atoms with Crippen molar-refractivity contribution < 1.29 is 14.6 Å². The number of benzene rings is 1. The van der Waals surface area contributed by atoms with E-state index < -0.39 is 0 Å². The van der Waals surface area contributed by atoms with E-state index in [-0.39, 0.29) is 23.6 Å². The van der Waals surface area contributed by atoms with Gasteiger partial charge in [0.1, 0.15) is 5.75 Å². The van der Waals surface area contributed by atoms with Crippen LogP contribution in [0, 0.1) is 5.92 Å². The van der Waals surface area contributed by atoms with Crippen molar-refractivity contribution in [2.24, 2.45) is 5.92 Å². The fourth-order valence-electron chi connectivity index (χ4n) is 2.49. The standard InChI is InChI=1S/C13H16O3/c1-8(13(15)16-2)11-6-4-9-3-5-10(14)7-12(9)11/h3,5,7-8,11,14H,4,6H2,1-2H3/t8?,11-/m1/s1. The molecule has 0 saturated heterocycles. The summed E-state index contributed by atoms with van der Waals surface area (Å²) in [6.07, 6.45) is 1.93. The number of rotatable bonds is 2. The first kappa shape index (κ1) is 11.0. The molecule has 0 amide bonds. The van der Waals surface area contributed by atoms with E-state index in [0.29, 0.717) is 0 Å². The molecule has 0 heterocycles. The number of methoxy groups -OCH3 is 1. The third-order valence-electron chi connectivity index (χ3n) is 3.43. The molecule has 0 bridgehead atoms. The van der Waals surface area contributed by atoms with E-state index >= 15 is 0 Å². The third-order valence-corrected chi connectivity index (χ3v) is 3.43. The zero-order valence-corrected chi connectivity index (χ0v) is 9.56. The molecule has 2 rings (SSSR count). The molecule has 1 aliphatic carbocycles. The van der Waals surface area contributed by atoms with Crippen molar-refractivity contribution in [1.82, 2.24) is 0 Å². The Kier molecular flexibility index (Phi) is 2.86. The first-order chi connectivity index (χ1) is 7.63. The van der Waals surface area contributed by atoms with Crippen LogP contribution in [0.4, 0.5) is 0 Å². The Morgan fingerprint density at radius 1 is 1.56 bits per heavy atom. The minimum atomic E-state index is -0.179. The second-order valence-corrected chi connectivity index (χ2v) is 4.34. The van der Waals surface area contributed by atoms with Gasteiger partial charge < -0.3 is 9.84 Å². The first-order valence-corrected chi connectivity index (χ1v) is 5.53. The van der Waals surface area contributed by atoms with Crippen LogP contribution in [-0.2, 0) is 16.0 Å². The Bertz CT molecular complexity index is 412. The molecule has 86 valence electrons. The molecule has 16 heavy (non-hydrogen) atoms. The second-order valence-electron chi connectivity index (χ2n) is 4.34. The van der Waals surface area contributed by atoms with E-state index in [1.165, 1.54) is 12.7 Å². The van der Waals surface area contributed by atoms with Crippen LogP contribution in [-0.4, -0.2) is 18.2 Å². The highest BCUT2D eigenvalue weighted by Gasteiger charge is 2.31. The highest BCUT2D eigenvalue weighted by Crippen LogP contribution is 2.40. The normalized spacial score (nSPS) is 20.2. The van der Waals surface area contributed by atoms with Crippen LogP contribution in [0.5, 0.6) is 5.75 Å². The molecule has 1 unspecified atom stereocenters. The van der Waals surface area contributed by atoms with E-state index in [4.69, 9.17) is 4.74 Å². The molecule has 0 saturated carbocycles. The van der Waals surface area contributed by atoms with Gasteiger partial charge in [0, 0.05) is 0 Å². The molecule has 0 aromatic heterocycles. The van der Waals surface area contributed by atoms with Crippen molar-refractivity contribution >= 4 is 5.97 Å². The minimum Gasteiger partial charge on any atom is -0.508 e. The highest BCUT2D eigenvalue weighted by atomic mass is 16.5. The van der Waals surface area contributed by atoms with E-state index in [1.54, 1.807) is 12.1 Å². The monoisotopic (exact) mass is 220 g/mol. The highest BCUT2D eigenvalue weighted by molar-refractivity contribution is 5.73. The molecular weight excluding hydrogens is 204 g/mol. The van der Waals surface area contributed by atoms with E-state index in [2.05, 4.69) is 0 Å². The maximum Gasteiger partial charge on any atom is 0.308 e. The quantitative estimate of drug-likeness (QED) is 0.777. The predicted molar refractivity (Wildman–Crippen MR) is 60.3 cm³/mol. The molecule has 3 nitrogen and oxygen atoms in total. The summed E-state index contributed by atoms with van der Waals surface area (Å²) in [4.78, 5) is 11.5. The Morgan fingerprint density at radius 2 is 2.31 bits per heavy atom. The molecule has 0 aliphatic heterocycles.